The van der Waals surface area contributed by atoms with Crippen LogP contribution in [-0.4, -0.2) is 47.9 Å². The van der Waals surface area contributed by atoms with Crippen LogP contribution in [0.5, 0.6) is 5.75 Å². The van der Waals surface area contributed by atoms with Crippen LogP contribution in [0.15, 0.2) is 60.4 Å². The van der Waals surface area contributed by atoms with Crippen LogP contribution in [0.3, 0.4) is 0 Å². The minimum Gasteiger partial charge on any atom is -0.491 e. The Balaban J connectivity index is 1.86. The van der Waals surface area contributed by atoms with Crippen molar-refractivity contribution in [3.05, 3.63) is 60.4 Å². The maximum atomic E-state index is 12.2. The van der Waals surface area contributed by atoms with Crippen molar-refractivity contribution in [1.82, 2.24) is 0 Å². The summed E-state index contributed by atoms with van der Waals surface area (Å²) < 4.78 is 10.1. The SMILES string of the molecule is COC(=O)CCC=C=CC[C@H]1C(=O)C[C@@H](O)[C@@H]1/C=C\[C@@H](O)COc1ccccc1. The maximum Gasteiger partial charge on any atom is 0.305 e. The number of para-hydroxylation sites is 1. The molecule has 6 heteroatoms. The van der Waals surface area contributed by atoms with Crippen LogP contribution in [0.4, 0.5) is 0 Å². The predicted molar refractivity (Wildman–Crippen MR) is 108 cm³/mol. The van der Waals surface area contributed by atoms with Crippen LogP contribution in [0.1, 0.15) is 25.7 Å². The number of allylic oxidation sites excluding steroid dienone is 1. The summed E-state index contributed by atoms with van der Waals surface area (Å²) in [5.41, 5.74) is 2.97. The van der Waals surface area contributed by atoms with Gasteiger partial charge in [-0.3, -0.25) is 9.59 Å². The molecular formula is C23H28O6. The zero-order chi connectivity index (χ0) is 21.1. The first-order valence-electron chi connectivity index (χ1n) is 9.72. The van der Waals surface area contributed by atoms with E-state index in [0.29, 0.717) is 18.6 Å². The van der Waals surface area contributed by atoms with Crippen molar-refractivity contribution in [3.63, 3.8) is 0 Å². The molecule has 29 heavy (non-hydrogen) atoms. The highest BCUT2D eigenvalue weighted by molar-refractivity contribution is 5.84. The zero-order valence-electron chi connectivity index (χ0n) is 16.6. The largest absolute Gasteiger partial charge is 0.491 e. The molecule has 2 N–H and O–H groups in total. The molecule has 0 saturated heterocycles. The van der Waals surface area contributed by atoms with E-state index in [9.17, 15) is 19.8 Å². The summed E-state index contributed by atoms with van der Waals surface area (Å²) in [4.78, 5) is 23.2. The second-order valence-corrected chi connectivity index (χ2v) is 6.92. The molecule has 0 aromatic heterocycles. The van der Waals surface area contributed by atoms with Crippen molar-refractivity contribution in [2.75, 3.05) is 13.7 Å². The fourth-order valence-corrected chi connectivity index (χ4v) is 3.19. The Hall–Kier alpha value is -2.66. The summed E-state index contributed by atoms with van der Waals surface area (Å²) in [6.45, 7) is 0.0881. The summed E-state index contributed by atoms with van der Waals surface area (Å²) in [6.07, 6.45) is 6.48. The topological polar surface area (TPSA) is 93.1 Å². The number of methoxy groups -OCH3 is 1. The van der Waals surface area contributed by atoms with E-state index in [1.54, 1.807) is 36.4 Å². The molecule has 1 fully saturated rings. The zero-order valence-corrected chi connectivity index (χ0v) is 16.6. The number of aliphatic hydroxyl groups excluding tert-OH is 2. The van der Waals surface area contributed by atoms with E-state index in [1.165, 1.54) is 7.11 Å². The highest BCUT2D eigenvalue weighted by Gasteiger charge is 2.39. The standard InChI is InChI=1S/C23H28O6/c1-28-23(27)12-8-3-2-7-11-19-20(22(26)15-21(19)25)14-13-17(24)16-29-18-9-5-4-6-10-18/h3-7,9-10,13-14,17,19-20,22,24,26H,8,11-12,15-16H2,1H3/b14-13-/t2?,17-,19-,20-,22-/m1/s1. The van der Waals surface area contributed by atoms with Crippen molar-refractivity contribution in [3.8, 4) is 5.75 Å². The van der Waals surface area contributed by atoms with Gasteiger partial charge in [0.1, 0.15) is 24.2 Å². The molecule has 0 spiro atoms. The van der Waals surface area contributed by atoms with E-state index < -0.39 is 12.2 Å². The molecule has 4 atom stereocenters. The molecule has 1 aromatic rings. The van der Waals surface area contributed by atoms with Crippen LogP contribution >= 0.6 is 0 Å². The quantitative estimate of drug-likeness (QED) is 0.356. The molecule has 1 aliphatic carbocycles. The van der Waals surface area contributed by atoms with E-state index in [1.807, 2.05) is 18.2 Å². The third kappa shape index (κ3) is 7.70. The minimum atomic E-state index is -0.840. The molecule has 1 saturated carbocycles. The van der Waals surface area contributed by atoms with E-state index in [0.717, 1.165) is 0 Å². The van der Waals surface area contributed by atoms with Crippen LogP contribution in [0.25, 0.3) is 0 Å². The fraction of sp³-hybridized carbons (Fsp3) is 0.435. The Morgan fingerprint density at radius 1 is 1.31 bits per heavy atom. The number of benzene rings is 1. The molecule has 0 radical (unpaired) electrons. The smallest absolute Gasteiger partial charge is 0.305 e. The summed E-state index contributed by atoms with van der Waals surface area (Å²) in [7, 11) is 1.34. The molecule has 2 rings (SSSR count). The molecule has 0 unspecified atom stereocenters. The monoisotopic (exact) mass is 400 g/mol. The average Bonchev–Trinajstić information content (AvgIpc) is 3.00. The highest BCUT2D eigenvalue weighted by atomic mass is 16.5. The number of hydrogen-bond acceptors (Lipinski definition) is 6. The number of rotatable bonds is 10. The van der Waals surface area contributed by atoms with Gasteiger partial charge in [-0.2, -0.15) is 0 Å². The first-order valence-corrected chi connectivity index (χ1v) is 9.72. The number of aliphatic hydroxyl groups is 2. The van der Waals surface area contributed by atoms with Crippen molar-refractivity contribution in [2.24, 2.45) is 11.8 Å². The van der Waals surface area contributed by atoms with E-state index in [-0.39, 0.29) is 43.0 Å². The van der Waals surface area contributed by atoms with Gasteiger partial charge in [-0.05, 0) is 37.1 Å². The van der Waals surface area contributed by atoms with Crippen LogP contribution in [0.2, 0.25) is 0 Å². The average molecular weight is 400 g/mol. The van der Waals surface area contributed by atoms with E-state index in [4.69, 9.17) is 4.74 Å². The Kier molecular flexibility index (Phi) is 9.38. The Labute approximate surface area is 171 Å². The van der Waals surface area contributed by atoms with Crippen LogP contribution < -0.4 is 4.74 Å². The lowest BCUT2D eigenvalue weighted by atomic mass is 9.90. The fourth-order valence-electron chi connectivity index (χ4n) is 3.19. The number of esters is 1. The van der Waals surface area contributed by atoms with E-state index >= 15 is 0 Å². The lowest BCUT2D eigenvalue weighted by Gasteiger charge is -2.16. The molecule has 0 aliphatic heterocycles. The van der Waals surface area contributed by atoms with Crippen LogP contribution in [0, 0.1) is 11.8 Å². The number of Topliss-reactive ketones (excluding diaryl/α,β-unsaturated/α-hetero) is 1. The first kappa shape index (κ1) is 22.6. The second kappa shape index (κ2) is 12.0. The van der Waals surface area contributed by atoms with Crippen molar-refractivity contribution < 1.29 is 29.3 Å². The van der Waals surface area contributed by atoms with E-state index in [2.05, 4.69) is 10.5 Å². The van der Waals surface area contributed by atoms with Crippen molar-refractivity contribution in [1.29, 1.82) is 0 Å². The molecule has 6 nitrogen and oxygen atoms in total. The van der Waals surface area contributed by atoms with Gasteiger partial charge in [0.05, 0.1) is 13.2 Å². The van der Waals surface area contributed by atoms with Gasteiger partial charge >= 0.3 is 5.97 Å². The summed E-state index contributed by atoms with van der Waals surface area (Å²) in [5.74, 6) is -0.336. The Morgan fingerprint density at radius 2 is 2.07 bits per heavy atom. The third-order valence-electron chi connectivity index (χ3n) is 4.78. The maximum absolute atomic E-state index is 12.2. The first-order chi connectivity index (χ1) is 14.0. The Bertz CT molecular complexity index is 748. The third-order valence-corrected chi connectivity index (χ3v) is 4.78. The summed E-state index contributed by atoms with van der Waals surface area (Å²) in [6, 6.07) is 9.18. The normalized spacial score (nSPS) is 22.2. The molecule has 156 valence electrons. The molecule has 1 aromatic carbocycles. The number of carbonyl (C=O) groups excluding carboxylic acids is 2. The lowest BCUT2D eigenvalue weighted by molar-refractivity contribution is -0.140. The van der Waals surface area contributed by atoms with Crippen molar-refractivity contribution in [2.45, 2.75) is 37.9 Å². The van der Waals surface area contributed by atoms with Gasteiger partial charge in [-0.15, -0.1) is 5.73 Å². The van der Waals surface area contributed by atoms with Gasteiger partial charge in [0.2, 0.25) is 0 Å². The molecular weight excluding hydrogens is 372 g/mol. The molecule has 1 aliphatic rings. The van der Waals surface area contributed by atoms with Crippen molar-refractivity contribution >= 4 is 11.8 Å². The van der Waals surface area contributed by atoms with Gasteiger partial charge in [-0.25, -0.2) is 0 Å². The number of carbonyl (C=O) groups is 2. The van der Waals surface area contributed by atoms with Gasteiger partial charge in [0.25, 0.3) is 0 Å². The molecule has 0 heterocycles. The van der Waals surface area contributed by atoms with Gasteiger partial charge in [0.15, 0.2) is 0 Å². The Morgan fingerprint density at radius 3 is 2.79 bits per heavy atom. The number of ketones is 1. The van der Waals surface area contributed by atoms with Gasteiger partial charge in [-0.1, -0.05) is 30.4 Å². The summed E-state index contributed by atoms with van der Waals surface area (Å²) >= 11 is 0. The van der Waals surface area contributed by atoms with Gasteiger partial charge in [0, 0.05) is 24.7 Å². The summed E-state index contributed by atoms with van der Waals surface area (Å²) in [5, 5.41) is 20.3. The highest BCUT2D eigenvalue weighted by Crippen LogP contribution is 2.33. The lowest BCUT2D eigenvalue weighted by Crippen LogP contribution is -2.20. The molecule has 0 bridgehead atoms. The van der Waals surface area contributed by atoms with Crippen LogP contribution in [-0.2, 0) is 14.3 Å². The number of hydrogen-bond donors (Lipinski definition) is 2. The number of ether oxygens (including phenoxy) is 2. The van der Waals surface area contributed by atoms with Gasteiger partial charge < -0.3 is 19.7 Å². The second-order valence-electron chi connectivity index (χ2n) is 6.92. The minimum absolute atomic E-state index is 0.00483. The molecule has 0 amide bonds. The predicted octanol–water partition coefficient (Wildman–Crippen LogP) is 2.60.